The van der Waals surface area contributed by atoms with Crippen LogP contribution in [0, 0.1) is 0 Å². The molecule has 1 fully saturated rings. The number of morpholine rings is 1. The van der Waals surface area contributed by atoms with Crippen LogP contribution in [0.4, 0.5) is 11.6 Å². The molecule has 5 nitrogen and oxygen atoms in total. The second kappa shape index (κ2) is 6.45. The monoisotopic (exact) mass is 284 g/mol. The minimum Gasteiger partial charge on any atom is -0.378 e. The van der Waals surface area contributed by atoms with Crippen LogP contribution in [-0.4, -0.2) is 42.4 Å². The molecule has 1 aromatic carbocycles. The lowest BCUT2D eigenvalue weighted by molar-refractivity contribution is 0.122. The molecule has 2 aromatic rings. The third kappa shape index (κ3) is 3.08. The van der Waals surface area contributed by atoms with Crippen molar-refractivity contribution in [3.05, 3.63) is 49.3 Å². The van der Waals surface area contributed by atoms with Gasteiger partial charge in [-0.05, 0) is 24.3 Å². The molecule has 5 heteroatoms. The van der Waals surface area contributed by atoms with Crippen molar-refractivity contribution in [3.63, 3.8) is 0 Å². The van der Waals surface area contributed by atoms with Crippen molar-refractivity contribution in [2.45, 2.75) is 0 Å². The summed E-state index contributed by atoms with van der Waals surface area (Å²) in [6.07, 6.45) is 5.57. The first-order chi connectivity index (χ1) is 10.4. The van der Waals surface area contributed by atoms with Crippen molar-refractivity contribution >= 4 is 11.6 Å². The van der Waals surface area contributed by atoms with Gasteiger partial charge in [0.25, 0.3) is 0 Å². The van der Waals surface area contributed by atoms with E-state index in [2.05, 4.69) is 46.0 Å². The van der Waals surface area contributed by atoms with E-state index in [1.807, 2.05) is 16.8 Å². The Morgan fingerprint density at radius 3 is 2.62 bits per heavy atom. The molecule has 0 unspecified atom stereocenters. The molecule has 110 valence electrons. The van der Waals surface area contributed by atoms with Crippen molar-refractivity contribution in [1.29, 1.82) is 0 Å². The fraction of sp³-hybridized carbons (Fsp3) is 0.312. The standard InChI is InChI=1S/C16H20N4O/c1-2-7-17-16-18-8-9-20(16)15-5-3-14(4-6-15)19-10-12-21-13-11-19/h2-6,8-9H,1,7,10-13H2,(H,17,18). The summed E-state index contributed by atoms with van der Waals surface area (Å²) in [5.41, 5.74) is 2.33. The Morgan fingerprint density at radius 1 is 1.19 bits per heavy atom. The van der Waals surface area contributed by atoms with Crippen LogP contribution in [0.5, 0.6) is 0 Å². The molecule has 0 spiro atoms. The summed E-state index contributed by atoms with van der Waals surface area (Å²) in [4.78, 5) is 6.66. The van der Waals surface area contributed by atoms with Crippen LogP contribution in [0.2, 0.25) is 0 Å². The second-order valence-electron chi connectivity index (χ2n) is 4.91. The number of aromatic nitrogens is 2. The van der Waals surface area contributed by atoms with Crippen LogP contribution in [0.25, 0.3) is 5.69 Å². The molecule has 1 N–H and O–H groups in total. The van der Waals surface area contributed by atoms with E-state index in [-0.39, 0.29) is 0 Å². The number of ether oxygens (including phenoxy) is 1. The molecule has 0 atom stereocenters. The average molecular weight is 284 g/mol. The van der Waals surface area contributed by atoms with E-state index in [0.29, 0.717) is 6.54 Å². The average Bonchev–Trinajstić information content (AvgIpc) is 3.02. The highest BCUT2D eigenvalue weighted by atomic mass is 16.5. The Balaban J connectivity index is 1.77. The van der Waals surface area contributed by atoms with Crippen LogP contribution in [0.1, 0.15) is 0 Å². The molecule has 2 heterocycles. The zero-order valence-electron chi connectivity index (χ0n) is 12.0. The van der Waals surface area contributed by atoms with Crippen molar-refractivity contribution in [1.82, 2.24) is 9.55 Å². The molecule has 0 aliphatic carbocycles. The van der Waals surface area contributed by atoms with Gasteiger partial charge in [-0.15, -0.1) is 6.58 Å². The summed E-state index contributed by atoms with van der Waals surface area (Å²) in [6.45, 7) is 7.93. The first kappa shape index (κ1) is 13.7. The maximum atomic E-state index is 5.39. The lowest BCUT2D eigenvalue weighted by Crippen LogP contribution is -2.36. The minimum absolute atomic E-state index is 0.697. The zero-order valence-corrected chi connectivity index (χ0v) is 12.0. The fourth-order valence-electron chi connectivity index (χ4n) is 2.45. The Hall–Kier alpha value is -2.27. The third-order valence-corrected chi connectivity index (χ3v) is 3.55. The quantitative estimate of drug-likeness (QED) is 0.856. The largest absolute Gasteiger partial charge is 0.378 e. The second-order valence-corrected chi connectivity index (χ2v) is 4.91. The Bertz CT molecular complexity index is 585. The Labute approximate surface area is 124 Å². The van der Waals surface area contributed by atoms with E-state index in [4.69, 9.17) is 4.74 Å². The van der Waals surface area contributed by atoms with E-state index in [0.717, 1.165) is 37.9 Å². The van der Waals surface area contributed by atoms with E-state index < -0.39 is 0 Å². The van der Waals surface area contributed by atoms with Crippen LogP contribution in [0.15, 0.2) is 49.3 Å². The normalized spacial score (nSPS) is 15.0. The van der Waals surface area contributed by atoms with Crippen molar-refractivity contribution in [2.75, 3.05) is 43.1 Å². The molecule has 1 aromatic heterocycles. The fourth-order valence-corrected chi connectivity index (χ4v) is 2.45. The zero-order chi connectivity index (χ0) is 14.5. The SMILES string of the molecule is C=CCNc1nccn1-c1ccc(N2CCOCC2)cc1. The predicted molar refractivity (Wildman–Crippen MR) is 85.3 cm³/mol. The summed E-state index contributed by atoms with van der Waals surface area (Å²) in [5.74, 6) is 0.828. The molecule has 21 heavy (non-hydrogen) atoms. The molecule has 1 aliphatic rings. The topological polar surface area (TPSA) is 42.3 Å². The molecular weight excluding hydrogens is 264 g/mol. The highest BCUT2D eigenvalue weighted by molar-refractivity contribution is 5.53. The summed E-state index contributed by atoms with van der Waals surface area (Å²) < 4.78 is 7.42. The van der Waals surface area contributed by atoms with Gasteiger partial charge in [0.15, 0.2) is 0 Å². The van der Waals surface area contributed by atoms with E-state index in [1.54, 1.807) is 6.20 Å². The van der Waals surface area contributed by atoms with Crippen molar-refractivity contribution in [3.8, 4) is 5.69 Å². The molecule has 1 aliphatic heterocycles. The summed E-state index contributed by atoms with van der Waals surface area (Å²) in [7, 11) is 0. The highest BCUT2D eigenvalue weighted by Crippen LogP contribution is 2.20. The molecule has 0 saturated carbocycles. The van der Waals surface area contributed by atoms with Crippen LogP contribution in [0.3, 0.4) is 0 Å². The molecule has 0 bridgehead atoms. The molecule has 3 rings (SSSR count). The van der Waals surface area contributed by atoms with Gasteiger partial charge in [-0.2, -0.15) is 0 Å². The van der Waals surface area contributed by atoms with Gasteiger partial charge in [0.2, 0.25) is 5.95 Å². The van der Waals surface area contributed by atoms with Crippen molar-refractivity contribution < 1.29 is 4.74 Å². The number of nitrogens with zero attached hydrogens (tertiary/aromatic N) is 3. The number of rotatable bonds is 5. The maximum Gasteiger partial charge on any atom is 0.207 e. The first-order valence-electron chi connectivity index (χ1n) is 7.20. The Kier molecular flexibility index (Phi) is 4.21. The Morgan fingerprint density at radius 2 is 1.90 bits per heavy atom. The smallest absolute Gasteiger partial charge is 0.207 e. The lowest BCUT2D eigenvalue weighted by atomic mass is 10.2. The van der Waals surface area contributed by atoms with Gasteiger partial charge in [-0.25, -0.2) is 4.98 Å². The highest BCUT2D eigenvalue weighted by Gasteiger charge is 2.11. The van der Waals surface area contributed by atoms with Crippen LogP contribution < -0.4 is 10.2 Å². The van der Waals surface area contributed by atoms with Gasteiger partial charge in [0, 0.05) is 43.4 Å². The van der Waals surface area contributed by atoms with Crippen molar-refractivity contribution in [2.24, 2.45) is 0 Å². The number of imidazole rings is 1. The van der Waals surface area contributed by atoms with E-state index in [9.17, 15) is 0 Å². The number of nitrogens with one attached hydrogen (secondary N) is 1. The van der Waals surface area contributed by atoms with Gasteiger partial charge in [-0.1, -0.05) is 6.08 Å². The predicted octanol–water partition coefficient (Wildman–Crippen LogP) is 2.31. The molecule has 0 radical (unpaired) electrons. The lowest BCUT2D eigenvalue weighted by Gasteiger charge is -2.29. The maximum absolute atomic E-state index is 5.39. The number of anilines is 2. The van der Waals surface area contributed by atoms with Crippen LogP contribution >= 0.6 is 0 Å². The number of hydrogen-bond donors (Lipinski definition) is 1. The number of benzene rings is 1. The third-order valence-electron chi connectivity index (χ3n) is 3.55. The summed E-state index contributed by atoms with van der Waals surface area (Å²) >= 11 is 0. The molecular formula is C16H20N4O. The first-order valence-corrected chi connectivity index (χ1v) is 7.20. The summed E-state index contributed by atoms with van der Waals surface area (Å²) in [5, 5.41) is 3.23. The number of hydrogen-bond acceptors (Lipinski definition) is 4. The molecule has 1 saturated heterocycles. The van der Waals surface area contributed by atoms with E-state index in [1.165, 1.54) is 5.69 Å². The van der Waals surface area contributed by atoms with Gasteiger partial charge in [0.1, 0.15) is 0 Å². The van der Waals surface area contributed by atoms with Gasteiger partial charge >= 0.3 is 0 Å². The molecule has 0 amide bonds. The van der Waals surface area contributed by atoms with Gasteiger partial charge < -0.3 is 15.0 Å². The summed E-state index contributed by atoms with van der Waals surface area (Å²) in [6, 6.07) is 8.53. The van der Waals surface area contributed by atoms with Gasteiger partial charge in [-0.3, -0.25) is 4.57 Å². The minimum atomic E-state index is 0.697. The van der Waals surface area contributed by atoms with E-state index >= 15 is 0 Å². The van der Waals surface area contributed by atoms with Gasteiger partial charge in [0.05, 0.1) is 13.2 Å². The van der Waals surface area contributed by atoms with Crippen LogP contribution in [-0.2, 0) is 4.74 Å².